The molecule has 1 heterocycles. The molecule has 0 saturated heterocycles. The molecule has 1 aromatic carbocycles. The van der Waals surface area contributed by atoms with Crippen molar-refractivity contribution in [3.8, 4) is 6.01 Å². The van der Waals surface area contributed by atoms with Gasteiger partial charge in [-0.05, 0) is 6.07 Å². The predicted octanol–water partition coefficient (Wildman–Crippen LogP) is 2.09. The molecule has 0 fully saturated rings. The number of ether oxygens (including phenoxy) is 3. The van der Waals surface area contributed by atoms with Gasteiger partial charge in [0.2, 0.25) is 0 Å². The second kappa shape index (κ2) is 8.63. The molecule has 0 aliphatic rings. The molecule has 2 aromatic rings. The van der Waals surface area contributed by atoms with Crippen molar-refractivity contribution in [2.45, 2.75) is 0 Å². The van der Waals surface area contributed by atoms with Crippen LogP contribution in [0, 0.1) is 0 Å². The van der Waals surface area contributed by atoms with Gasteiger partial charge in [0.15, 0.2) is 0 Å². The Morgan fingerprint density at radius 1 is 1.05 bits per heavy atom. The molecule has 2 rings (SSSR count). The fourth-order valence-electron chi connectivity index (χ4n) is 1.46. The van der Waals surface area contributed by atoms with E-state index in [1.54, 1.807) is 13.3 Å². The van der Waals surface area contributed by atoms with Crippen molar-refractivity contribution in [2.75, 3.05) is 33.5 Å². The molecule has 0 saturated carbocycles. The minimum atomic E-state index is 0. The molecule has 0 aliphatic carbocycles. The molecule has 0 radical (unpaired) electrons. The summed E-state index contributed by atoms with van der Waals surface area (Å²) in [5.74, 6) is 0. The Morgan fingerprint density at radius 2 is 1.84 bits per heavy atom. The molecule has 0 atom stereocenters. The van der Waals surface area contributed by atoms with Crippen molar-refractivity contribution in [1.82, 2.24) is 9.97 Å². The summed E-state index contributed by atoms with van der Waals surface area (Å²) in [5.41, 5.74) is 0.878. The summed E-state index contributed by atoms with van der Waals surface area (Å²) in [6.07, 6.45) is 1.75. The minimum Gasteiger partial charge on any atom is -0.461 e. The zero-order chi connectivity index (χ0) is 12.6. The zero-order valence-electron chi connectivity index (χ0n) is 10.7. The number of benzene rings is 1. The van der Waals surface area contributed by atoms with E-state index in [1.165, 1.54) is 0 Å². The number of halogens is 1. The lowest BCUT2D eigenvalue weighted by molar-refractivity contribution is 0.0529. The van der Waals surface area contributed by atoms with E-state index < -0.39 is 0 Å². The fraction of sp³-hybridized carbons (Fsp3) is 0.385. The third-order valence-electron chi connectivity index (χ3n) is 2.36. The van der Waals surface area contributed by atoms with Crippen LogP contribution in [0.5, 0.6) is 6.01 Å². The summed E-state index contributed by atoms with van der Waals surface area (Å²) in [7, 11) is 1.64. The average Bonchev–Trinajstić information content (AvgIpc) is 2.42. The van der Waals surface area contributed by atoms with Gasteiger partial charge in [-0.25, -0.2) is 4.98 Å². The summed E-state index contributed by atoms with van der Waals surface area (Å²) in [6, 6.07) is 8.17. The van der Waals surface area contributed by atoms with Gasteiger partial charge in [-0.3, -0.25) is 0 Å². The third kappa shape index (κ3) is 4.98. The lowest BCUT2D eigenvalue weighted by Gasteiger charge is -2.05. The molecular formula is C13H17ClN2O3. The average molecular weight is 285 g/mol. The lowest BCUT2D eigenvalue weighted by atomic mass is 10.2. The largest absolute Gasteiger partial charge is 0.461 e. The second-order valence-corrected chi connectivity index (χ2v) is 3.67. The van der Waals surface area contributed by atoms with E-state index in [1.807, 2.05) is 24.3 Å². The molecule has 104 valence electrons. The molecule has 0 bridgehead atoms. The van der Waals surface area contributed by atoms with E-state index in [-0.39, 0.29) is 12.4 Å². The van der Waals surface area contributed by atoms with E-state index in [0.717, 1.165) is 10.9 Å². The van der Waals surface area contributed by atoms with Crippen molar-refractivity contribution in [2.24, 2.45) is 0 Å². The van der Waals surface area contributed by atoms with Crippen LogP contribution < -0.4 is 4.74 Å². The predicted molar refractivity (Wildman–Crippen MR) is 75.0 cm³/mol. The van der Waals surface area contributed by atoms with Gasteiger partial charge in [-0.2, -0.15) is 4.98 Å². The number of nitrogens with zero attached hydrogens (tertiary/aromatic N) is 2. The molecule has 0 amide bonds. The van der Waals surface area contributed by atoms with Gasteiger partial charge in [0.25, 0.3) is 0 Å². The molecule has 0 unspecified atom stereocenters. The van der Waals surface area contributed by atoms with Crippen LogP contribution in [0.1, 0.15) is 0 Å². The Hall–Kier alpha value is -1.43. The van der Waals surface area contributed by atoms with Crippen LogP contribution in [-0.4, -0.2) is 43.5 Å². The third-order valence-corrected chi connectivity index (χ3v) is 2.36. The highest BCUT2D eigenvalue weighted by Gasteiger charge is 2.00. The minimum absolute atomic E-state index is 0. The van der Waals surface area contributed by atoms with Crippen molar-refractivity contribution < 1.29 is 14.2 Å². The Labute approximate surface area is 118 Å². The summed E-state index contributed by atoms with van der Waals surface area (Å²) < 4.78 is 15.5. The van der Waals surface area contributed by atoms with Gasteiger partial charge in [0, 0.05) is 18.7 Å². The molecule has 1 aromatic heterocycles. The van der Waals surface area contributed by atoms with Crippen LogP contribution in [0.4, 0.5) is 0 Å². The van der Waals surface area contributed by atoms with Crippen molar-refractivity contribution >= 4 is 23.3 Å². The van der Waals surface area contributed by atoms with Crippen LogP contribution >= 0.6 is 12.4 Å². The van der Waals surface area contributed by atoms with Gasteiger partial charge >= 0.3 is 6.01 Å². The quantitative estimate of drug-likeness (QED) is 0.729. The van der Waals surface area contributed by atoms with Gasteiger partial charge < -0.3 is 14.2 Å². The Bertz CT molecular complexity index is 496. The molecular weight excluding hydrogens is 268 g/mol. The molecule has 0 spiro atoms. The van der Waals surface area contributed by atoms with Crippen LogP contribution in [0.3, 0.4) is 0 Å². The van der Waals surface area contributed by atoms with Gasteiger partial charge in [0.1, 0.15) is 6.61 Å². The van der Waals surface area contributed by atoms with Crippen molar-refractivity contribution in [3.63, 3.8) is 0 Å². The summed E-state index contributed by atoms with van der Waals surface area (Å²) in [5, 5.41) is 1.00. The molecule has 5 nitrogen and oxygen atoms in total. The van der Waals surface area contributed by atoms with Crippen molar-refractivity contribution in [1.29, 1.82) is 0 Å². The molecule has 0 aliphatic heterocycles. The number of fused-ring (bicyclic) bond motifs is 1. The highest BCUT2D eigenvalue weighted by atomic mass is 35.5. The van der Waals surface area contributed by atoms with E-state index in [0.29, 0.717) is 32.4 Å². The van der Waals surface area contributed by atoms with E-state index in [4.69, 9.17) is 14.2 Å². The Kier molecular flexibility index (Phi) is 7.10. The second-order valence-electron chi connectivity index (χ2n) is 3.67. The normalized spacial score (nSPS) is 10.2. The first kappa shape index (κ1) is 15.6. The smallest absolute Gasteiger partial charge is 0.316 e. The molecule has 19 heavy (non-hydrogen) atoms. The van der Waals surface area contributed by atoms with Gasteiger partial charge in [-0.1, -0.05) is 18.2 Å². The topological polar surface area (TPSA) is 53.5 Å². The SMILES string of the molecule is COCCOCCOc1ncc2ccccc2n1.Cl. The van der Waals surface area contributed by atoms with Crippen LogP contribution in [-0.2, 0) is 9.47 Å². The first-order valence-electron chi connectivity index (χ1n) is 5.81. The van der Waals surface area contributed by atoms with Crippen LogP contribution in [0.25, 0.3) is 10.9 Å². The highest BCUT2D eigenvalue weighted by Crippen LogP contribution is 2.12. The van der Waals surface area contributed by atoms with Crippen LogP contribution in [0.15, 0.2) is 30.5 Å². The summed E-state index contributed by atoms with van der Waals surface area (Å²) >= 11 is 0. The number of rotatable bonds is 7. The first-order valence-corrected chi connectivity index (χ1v) is 5.81. The van der Waals surface area contributed by atoms with Crippen LogP contribution in [0.2, 0.25) is 0 Å². The maximum atomic E-state index is 5.41. The van der Waals surface area contributed by atoms with E-state index in [2.05, 4.69) is 9.97 Å². The van der Waals surface area contributed by atoms with E-state index >= 15 is 0 Å². The van der Waals surface area contributed by atoms with Crippen molar-refractivity contribution in [3.05, 3.63) is 30.5 Å². The summed E-state index contributed by atoms with van der Waals surface area (Å²) in [6.45, 7) is 2.09. The first-order chi connectivity index (χ1) is 8.90. The van der Waals surface area contributed by atoms with E-state index in [9.17, 15) is 0 Å². The maximum absolute atomic E-state index is 5.41. The summed E-state index contributed by atoms with van der Waals surface area (Å²) in [4.78, 5) is 8.42. The standard InChI is InChI=1S/C13H16N2O3.ClH/c1-16-6-7-17-8-9-18-13-14-10-11-4-2-3-5-12(11)15-13;/h2-5,10H,6-9H2,1H3;1H. The fourth-order valence-corrected chi connectivity index (χ4v) is 1.46. The molecule has 6 heteroatoms. The highest BCUT2D eigenvalue weighted by molar-refractivity contribution is 5.85. The monoisotopic (exact) mass is 284 g/mol. The Morgan fingerprint density at radius 3 is 2.68 bits per heavy atom. The van der Waals surface area contributed by atoms with Gasteiger partial charge in [0.05, 0.1) is 25.3 Å². The Balaban J connectivity index is 0.00000180. The zero-order valence-corrected chi connectivity index (χ0v) is 11.6. The van der Waals surface area contributed by atoms with Gasteiger partial charge in [-0.15, -0.1) is 12.4 Å². The lowest BCUT2D eigenvalue weighted by Crippen LogP contribution is -2.11. The molecule has 0 N–H and O–H groups in total. The number of hydrogen-bond donors (Lipinski definition) is 0. The number of methoxy groups -OCH3 is 1. The number of aromatic nitrogens is 2. The maximum Gasteiger partial charge on any atom is 0.316 e. The number of hydrogen-bond acceptors (Lipinski definition) is 5. The number of para-hydroxylation sites is 1.